The Kier molecular flexibility index (Phi) is 6.62. The summed E-state index contributed by atoms with van der Waals surface area (Å²) in [6.07, 6.45) is 3.72. The zero-order chi connectivity index (χ0) is 17.0. The Hall–Kier alpha value is -0.910. The average molecular weight is 383 g/mol. The van der Waals surface area contributed by atoms with Gasteiger partial charge in [0.2, 0.25) is 5.91 Å². The van der Waals surface area contributed by atoms with Crippen molar-refractivity contribution in [1.82, 2.24) is 4.90 Å². The number of hydrogen-bond donors (Lipinski definition) is 2. The number of aliphatic hydroxyl groups excluding tert-OH is 1. The first kappa shape index (κ1) is 18.4. The van der Waals surface area contributed by atoms with Crippen molar-refractivity contribution >= 4 is 27.5 Å². The van der Waals surface area contributed by atoms with Crippen LogP contribution in [-0.2, 0) is 11.3 Å². The fraction of sp³-hybridized carbons (Fsp3) is 0.611. The Morgan fingerprint density at radius 1 is 1.35 bits per heavy atom. The van der Waals surface area contributed by atoms with Gasteiger partial charge in [-0.2, -0.15) is 0 Å². The number of amides is 1. The van der Waals surface area contributed by atoms with Crippen molar-refractivity contribution in [2.24, 2.45) is 0 Å². The van der Waals surface area contributed by atoms with E-state index in [0.29, 0.717) is 6.04 Å². The highest BCUT2D eigenvalue weighted by molar-refractivity contribution is 9.10. The molecule has 0 atom stereocenters. The largest absolute Gasteiger partial charge is 0.393 e. The lowest BCUT2D eigenvalue weighted by Gasteiger charge is -2.35. The van der Waals surface area contributed by atoms with Crippen molar-refractivity contribution in [2.75, 3.05) is 11.9 Å². The first-order valence-electron chi connectivity index (χ1n) is 8.39. The molecule has 1 fully saturated rings. The van der Waals surface area contributed by atoms with Gasteiger partial charge >= 0.3 is 0 Å². The minimum Gasteiger partial charge on any atom is -0.393 e. The summed E-state index contributed by atoms with van der Waals surface area (Å²) in [6.45, 7) is 7.52. The van der Waals surface area contributed by atoms with Gasteiger partial charge < -0.3 is 10.4 Å². The molecule has 4 nitrogen and oxygen atoms in total. The molecule has 1 aromatic rings. The molecule has 0 bridgehead atoms. The second-order valence-corrected chi connectivity index (χ2v) is 7.38. The molecule has 0 aromatic heterocycles. The van der Waals surface area contributed by atoms with E-state index < -0.39 is 0 Å². The van der Waals surface area contributed by atoms with Crippen molar-refractivity contribution in [3.63, 3.8) is 0 Å². The molecule has 1 aromatic carbocycles. The van der Waals surface area contributed by atoms with Crippen molar-refractivity contribution in [3.8, 4) is 0 Å². The maximum absolute atomic E-state index is 11.5. The molecule has 2 N–H and O–H groups in total. The maximum Gasteiger partial charge on any atom is 0.221 e. The number of benzene rings is 1. The fourth-order valence-corrected chi connectivity index (χ4v) is 4.05. The van der Waals surface area contributed by atoms with Crippen LogP contribution < -0.4 is 5.32 Å². The van der Waals surface area contributed by atoms with Gasteiger partial charge in [0.1, 0.15) is 0 Å². The van der Waals surface area contributed by atoms with Crippen LogP contribution >= 0.6 is 15.9 Å². The quantitative estimate of drug-likeness (QED) is 0.812. The Bertz CT molecular complexity index is 554. The molecule has 0 aliphatic heterocycles. The Morgan fingerprint density at radius 2 is 2.00 bits per heavy atom. The van der Waals surface area contributed by atoms with E-state index in [4.69, 9.17) is 0 Å². The molecule has 2 rings (SSSR count). The van der Waals surface area contributed by atoms with Gasteiger partial charge in [0, 0.05) is 29.7 Å². The van der Waals surface area contributed by atoms with Crippen LogP contribution in [0.25, 0.3) is 0 Å². The van der Waals surface area contributed by atoms with Crippen LogP contribution in [-0.4, -0.2) is 34.6 Å². The molecule has 0 unspecified atom stereocenters. The van der Waals surface area contributed by atoms with Crippen LogP contribution in [0.15, 0.2) is 16.6 Å². The van der Waals surface area contributed by atoms with Gasteiger partial charge in [-0.3, -0.25) is 9.69 Å². The lowest BCUT2D eigenvalue weighted by molar-refractivity contribution is -0.114. The molecule has 1 saturated carbocycles. The number of nitrogens with zero attached hydrogens (tertiary/aromatic N) is 1. The number of carbonyl (C=O) groups is 1. The number of anilines is 1. The van der Waals surface area contributed by atoms with Crippen molar-refractivity contribution in [2.45, 2.75) is 65.1 Å². The summed E-state index contributed by atoms with van der Waals surface area (Å²) in [6, 6.07) is 4.63. The van der Waals surface area contributed by atoms with Crippen LogP contribution in [0.3, 0.4) is 0 Å². The summed E-state index contributed by atoms with van der Waals surface area (Å²) in [5.74, 6) is -0.0412. The van der Waals surface area contributed by atoms with E-state index in [2.05, 4.69) is 39.1 Å². The zero-order valence-electron chi connectivity index (χ0n) is 14.2. The lowest BCUT2D eigenvalue weighted by Crippen LogP contribution is -2.38. The first-order valence-corrected chi connectivity index (χ1v) is 9.18. The van der Waals surface area contributed by atoms with Crippen LogP contribution in [0.2, 0.25) is 0 Å². The number of nitrogens with one attached hydrogen (secondary N) is 1. The van der Waals surface area contributed by atoms with Gasteiger partial charge in [-0.1, -0.05) is 22.9 Å². The monoisotopic (exact) mass is 382 g/mol. The molecule has 0 spiro atoms. The third kappa shape index (κ3) is 5.03. The van der Waals surface area contributed by atoms with Crippen LogP contribution in [0.1, 0.15) is 50.7 Å². The second kappa shape index (κ2) is 8.27. The van der Waals surface area contributed by atoms with E-state index in [1.807, 2.05) is 13.0 Å². The van der Waals surface area contributed by atoms with Crippen molar-refractivity contribution in [1.29, 1.82) is 0 Å². The smallest absolute Gasteiger partial charge is 0.221 e. The van der Waals surface area contributed by atoms with Gasteiger partial charge in [0.05, 0.1) is 6.10 Å². The Morgan fingerprint density at radius 3 is 2.57 bits per heavy atom. The van der Waals surface area contributed by atoms with Gasteiger partial charge in [-0.05, 0) is 62.4 Å². The van der Waals surface area contributed by atoms with E-state index in [1.165, 1.54) is 0 Å². The van der Waals surface area contributed by atoms with E-state index in [0.717, 1.165) is 60.1 Å². The number of aryl methyl sites for hydroxylation is 1. The van der Waals surface area contributed by atoms with Crippen molar-refractivity contribution < 1.29 is 9.90 Å². The molecule has 1 aliphatic rings. The Labute approximate surface area is 147 Å². The molecule has 5 heteroatoms. The topological polar surface area (TPSA) is 52.6 Å². The summed E-state index contributed by atoms with van der Waals surface area (Å²) in [5.41, 5.74) is 3.13. The van der Waals surface area contributed by atoms with Gasteiger partial charge in [-0.25, -0.2) is 0 Å². The average Bonchev–Trinajstić information content (AvgIpc) is 2.49. The van der Waals surface area contributed by atoms with Gasteiger partial charge in [0.15, 0.2) is 0 Å². The summed E-state index contributed by atoms with van der Waals surface area (Å²) in [4.78, 5) is 14.0. The van der Waals surface area contributed by atoms with Gasteiger partial charge in [0.25, 0.3) is 0 Å². The number of halogens is 1. The zero-order valence-corrected chi connectivity index (χ0v) is 15.8. The number of aliphatic hydroxyl groups is 1. The third-order valence-electron chi connectivity index (χ3n) is 4.65. The predicted octanol–water partition coefficient (Wildman–Crippen LogP) is 3.84. The highest BCUT2D eigenvalue weighted by Gasteiger charge is 2.25. The highest BCUT2D eigenvalue weighted by atomic mass is 79.9. The van der Waals surface area contributed by atoms with Crippen LogP contribution in [0, 0.1) is 6.92 Å². The van der Waals surface area contributed by atoms with E-state index in [9.17, 15) is 9.90 Å². The number of hydrogen-bond acceptors (Lipinski definition) is 3. The van der Waals surface area contributed by atoms with Crippen LogP contribution in [0.4, 0.5) is 5.69 Å². The second-order valence-electron chi connectivity index (χ2n) is 6.46. The standard InChI is InChI=1S/C18H27BrN2O2/c1-4-21(16-5-7-17(23)8-6-16)11-14-10-15(19)9-12(2)18(14)20-13(3)22/h9-10,16-17,23H,4-8,11H2,1-3H3,(H,20,22)/t16-,17-. The third-order valence-corrected chi connectivity index (χ3v) is 5.10. The summed E-state index contributed by atoms with van der Waals surface area (Å²) < 4.78 is 1.04. The predicted molar refractivity (Wildman–Crippen MR) is 97.5 cm³/mol. The van der Waals surface area contributed by atoms with Crippen LogP contribution in [0.5, 0.6) is 0 Å². The minimum absolute atomic E-state index is 0.0412. The number of rotatable bonds is 5. The molecular formula is C18H27BrN2O2. The Balaban J connectivity index is 2.20. The maximum atomic E-state index is 11.5. The molecule has 0 heterocycles. The lowest BCUT2D eigenvalue weighted by atomic mass is 9.91. The highest BCUT2D eigenvalue weighted by Crippen LogP contribution is 2.30. The van der Waals surface area contributed by atoms with E-state index in [1.54, 1.807) is 6.92 Å². The normalized spacial score (nSPS) is 21.5. The molecule has 0 saturated heterocycles. The molecule has 1 amide bonds. The molecule has 23 heavy (non-hydrogen) atoms. The number of carbonyl (C=O) groups excluding carboxylic acids is 1. The summed E-state index contributed by atoms with van der Waals surface area (Å²) >= 11 is 3.56. The van der Waals surface area contributed by atoms with Crippen molar-refractivity contribution in [3.05, 3.63) is 27.7 Å². The minimum atomic E-state index is -0.131. The summed E-state index contributed by atoms with van der Waals surface area (Å²) in [7, 11) is 0. The molecule has 0 radical (unpaired) electrons. The van der Waals surface area contributed by atoms with E-state index in [-0.39, 0.29) is 12.0 Å². The first-order chi connectivity index (χ1) is 10.9. The van der Waals surface area contributed by atoms with E-state index >= 15 is 0 Å². The molecule has 1 aliphatic carbocycles. The summed E-state index contributed by atoms with van der Waals surface area (Å²) in [5, 5.41) is 12.7. The fourth-order valence-electron chi connectivity index (χ4n) is 3.43. The van der Waals surface area contributed by atoms with Gasteiger partial charge in [-0.15, -0.1) is 0 Å². The SMILES string of the molecule is CCN(Cc1cc(Br)cc(C)c1NC(C)=O)[C@H]1CC[C@H](O)CC1. The molecule has 128 valence electrons. The molecular weight excluding hydrogens is 356 g/mol.